The van der Waals surface area contributed by atoms with Crippen molar-refractivity contribution in [2.45, 2.75) is 44.1 Å². The number of hydrogen-bond donors (Lipinski definition) is 1. The van der Waals surface area contributed by atoms with Gasteiger partial charge in [-0.2, -0.15) is 16.7 Å². The molecule has 0 radical (unpaired) electrons. The lowest BCUT2D eigenvalue weighted by Gasteiger charge is -2.21. The number of nitrogens with zero attached hydrogens (tertiary/aromatic N) is 2. The van der Waals surface area contributed by atoms with Crippen molar-refractivity contribution in [3.05, 3.63) is 11.7 Å². The molecular weight excluding hydrogens is 270 g/mol. The maximum atomic E-state index is 5.37. The molecule has 2 fully saturated rings. The first-order chi connectivity index (χ1) is 8.42. The summed E-state index contributed by atoms with van der Waals surface area (Å²) in [7, 11) is 0. The van der Waals surface area contributed by atoms with Crippen LogP contribution < -0.4 is 5.32 Å². The predicted octanol–water partition coefficient (Wildman–Crippen LogP) is 2.40. The Bertz CT molecular complexity index is 362. The highest BCUT2D eigenvalue weighted by Gasteiger charge is 2.23. The third-order valence-electron chi connectivity index (χ3n) is 3.62. The summed E-state index contributed by atoms with van der Waals surface area (Å²) in [5.41, 5.74) is 0. The molecule has 0 aromatic carbocycles. The van der Waals surface area contributed by atoms with Crippen molar-refractivity contribution in [2.75, 3.05) is 18.1 Å². The molecule has 6 heteroatoms. The van der Waals surface area contributed by atoms with E-state index in [4.69, 9.17) is 4.52 Å². The molecule has 1 aromatic heterocycles. The molecule has 1 atom stereocenters. The third-order valence-corrected chi connectivity index (χ3v) is 4.75. The van der Waals surface area contributed by atoms with Gasteiger partial charge in [0.15, 0.2) is 5.82 Å². The van der Waals surface area contributed by atoms with Crippen LogP contribution in [0.1, 0.15) is 43.3 Å². The highest BCUT2D eigenvalue weighted by Crippen LogP contribution is 2.32. The van der Waals surface area contributed by atoms with Gasteiger partial charge in [0.2, 0.25) is 5.89 Å². The van der Waals surface area contributed by atoms with Gasteiger partial charge in [-0.1, -0.05) is 18.0 Å². The molecule has 2 aliphatic rings. The molecule has 3 rings (SSSR count). The van der Waals surface area contributed by atoms with Crippen molar-refractivity contribution >= 4 is 24.2 Å². The van der Waals surface area contributed by atoms with E-state index in [2.05, 4.69) is 15.5 Å². The number of halogens is 1. The first-order valence-electron chi connectivity index (χ1n) is 6.55. The van der Waals surface area contributed by atoms with Crippen LogP contribution in [0.2, 0.25) is 0 Å². The topological polar surface area (TPSA) is 51.0 Å². The largest absolute Gasteiger partial charge is 0.339 e. The summed E-state index contributed by atoms with van der Waals surface area (Å²) < 4.78 is 5.37. The molecule has 1 unspecified atom stereocenters. The molecule has 1 aliphatic heterocycles. The lowest BCUT2D eigenvalue weighted by Crippen LogP contribution is -2.38. The van der Waals surface area contributed by atoms with Gasteiger partial charge in [-0.3, -0.25) is 0 Å². The Morgan fingerprint density at radius 1 is 1.33 bits per heavy atom. The lowest BCUT2D eigenvalue weighted by molar-refractivity contribution is 0.356. The molecule has 1 N–H and O–H groups in total. The fourth-order valence-corrected chi connectivity index (χ4v) is 3.61. The molecule has 1 saturated carbocycles. The van der Waals surface area contributed by atoms with E-state index in [1.54, 1.807) is 0 Å². The van der Waals surface area contributed by atoms with E-state index in [9.17, 15) is 0 Å². The Labute approximate surface area is 118 Å². The summed E-state index contributed by atoms with van der Waals surface area (Å²) in [5, 5.41) is 7.64. The van der Waals surface area contributed by atoms with E-state index in [1.807, 2.05) is 11.8 Å². The van der Waals surface area contributed by atoms with Crippen LogP contribution in [-0.2, 0) is 6.42 Å². The summed E-state index contributed by atoms with van der Waals surface area (Å²) in [4.78, 5) is 4.56. The number of thioether (sulfide) groups is 1. The van der Waals surface area contributed by atoms with Gasteiger partial charge in [-0.15, -0.1) is 12.4 Å². The smallest absolute Gasteiger partial charge is 0.228 e. The Kier molecular flexibility index (Phi) is 5.33. The maximum absolute atomic E-state index is 5.37. The van der Waals surface area contributed by atoms with E-state index in [-0.39, 0.29) is 12.4 Å². The van der Waals surface area contributed by atoms with Crippen LogP contribution in [0, 0.1) is 0 Å². The minimum atomic E-state index is 0. The van der Waals surface area contributed by atoms with Gasteiger partial charge < -0.3 is 9.84 Å². The average molecular weight is 290 g/mol. The molecule has 4 nitrogen and oxygen atoms in total. The van der Waals surface area contributed by atoms with Gasteiger partial charge in [0.05, 0.1) is 0 Å². The summed E-state index contributed by atoms with van der Waals surface area (Å²) in [6, 6.07) is 0.505. The quantitative estimate of drug-likeness (QED) is 0.926. The Morgan fingerprint density at radius 3 is 2.89 bits per heavy atom. The van der Waals surface area contributed by atoms with Crippen molar-refractivity contribution in [1.29, 1.82) is 0 Å². The van der Waals surface area contributed by atoms with Crippen LogP contribution in [0.25, 0.3) is 0 Å². The van der Waals surface area contributed by atoms with E-state index in [0.717, 1.165) is 30.4 Å². The van der Waals surface area contributed by atoms with Crippen molar-refractivity contribution in [1.82, 2.24) is 15.5 Å². The maximum Gasteiger partial charge on any atom is 0.228 e. The molecule has 1 saturated heterocycles. The normalized spacial score (nSPS) is 25.0. The molecule has 0 amide bonds. The van der Waals surface area contributed by atoms with Gasteiger partial charge >= 0.3 is 0 Å². The minimum absolute atomic E-state index is 0. The van der Waals surface area contributed by atoms with E-state index in [1.165, 1.54) is 31.4 Å². The standard InChI is InChI=1S/C12H19N3OS.ClH/c1-2-4-9(3-1)12-14-11(16-15-12)7-10-8-17-6-5-13-10;/h9-10,13H,1-8H2;1H. The molecule has 0 bridgehead atoms. The third kappa shape index (κ3) is 3.39. The van der Waals surface area contributed by atoms with E-state index >= 15 is 0 Å². The van der Waals surface area contributed by atoms with Gasteiger partial charge in [0.25, 0.3) is 0 Å². The first kappa shape index (κ1) is 14.2. The second kappa shape index (κ2) is 6.78. The molecule has 0 spiro atoms. The summed E-state index contributed by atoms with van der Waals surface area (Å²) in [5.74, 6) is 4.68. The lowest BCUT2D eigenvalue weighted by atomic mass is 10.1. The predicted molar refractivity (Wildman–Crippen MR) is 75.6 cm³/mol. The molecule has 18 heavy (non-hydrogen) atoms. The summed E-state index contributed by atoms with van der Waals surface area (Å²) in [6.45, 7) is 1.10. The van der Waals surface area contributed by atoms with Gasteiger partial charge in [0.1, 0.15) is 0 Å². The number of rotatable bonds is 3. The van der Waals surface area contributed by atoms with Gasteiger partial charge in [0, 0.05) is 36.4 Å². The molecule has 102 valence electrons. The Balaban J connectivity index is 0.00000120. The highest BCUT2D eigenvalue weighted by atomic mass is 35.5. The zero-order chi connectivity index (χ0) is 11.5. The van der Waals surface area contributed by atoms with E-state index in [0.29, 0.717) is 12.0 Å². The van der Waals surface area contributed by atoms with Crippen molar-refractivity contribution in [2.24, 2.45) is 0 Å². The average Bonchev–Trinajstić information content (AvgIpc) is 3.00. The van der Waals surface area contributed by atoms with Crippen molar-refractivity contribution in [3.63, 3.8) is 0 Å². The van der Waals surface area contributed by atoms with Crippen LogP contribution in [-0.4, -0.2) is 34.2 Å². The zero-order valence-corrected chi connectivity index (χ0v) is 12.1. The SMILES string of the molecule is C1CCC(c2noc(CC3CSCCN3)n2)C1.Cl. The number of hydrogen-bond acceptors (Lipinski definition) is 5. The van der Waals surface area contributed by atoms with Gasteiger partial charge in [-0.25, -0.2) is 0 Å². The first-order valence-corrected chi connectivity index (χ1v) is 7.71. The monoisotopic (exact) mass is 289 g/mol. The molecular formula is C12H20ClN3OS. The van der Waals surface area contributed by atoms with Crippen LogP contribution in [0.3, 0.4) is 0 Å². The minimum Gasteiger partial charge on any atom is -0.339 e. The Hall–Kier alpha value is -0.260. The molecule has 2 heterocycles. The summed E-state index contributed by atoms with van der Waals surface area (Å²) in [6.07, 6.45) is 5.98. The number of nitrogens with one attached hydrogen (secondary N) is 1. The fraction of sp³-hybridized carbons (Fsp3) is 0.833. The van der Waals surface area contributed by atoms with Crippen LogP contribution in [0.4, 0.5) is 0 Å². The van der Waals surface area contributed by atoms with Crippen LogP contribution >= 0.6 is 24.2 Å². The fourth-order valence-electron chi connectivity index (χ4n) is 2.66. The Morgan fingerprint density at radius 2 is 2.17 bits per heavy atom. The van der Waals surface area contributed by atoms with Gasteiger partial charge in [-0.05, 0) is 12.8 Å². The molecule has 1 aliphatic carbocycles. The van der Waals surface area contributed by atoms with Crippen LogP contribution in [0.5, 0.6) is 0 Å². The second-order valence-electron chi connectivity index (χ2n) is 4.96. The van der Waals surface area contributed by atoms with Crippen molar-refractivity contribution < 1.29 is 4.52 Å². The second-order valence-corrected chi connectivity index (χ2v) is 6.11. The summed E-state index contributed by atoms with van der Waals surface area (Å²) >= 11 is 2.00. The van der Waals surface area contributed by atoms with Crippen molar-refractivity contribution in [3.8, 4) is 0 Å². The van der Waals surface area contributed by atoms with Crippen LogP contribution in [0.15, 0.2) is 4.52 Å². The number of aromatic nitrogens is 2. The molecule has 1 aromatic rings. The van der Waals surface area contributed by atoms with E-state index < -0.39 is 0 Å². The highest BCUT2D eigenvalue weighted by molar-refractivity contribution is 7.99. The zero-order valence-electron chi connectivity index (χ0n) is 10.4.